The first-order valence-corrected chi connectivity index (χ1v) is 10.3. The fourth-order valence-corrected chi connectivity index (χ4v) is 4.68. The van der Waals surface area contributed by atoms with Gasteiger partial charge in [-0.05, 0) is 49.8 Å². The molecule has 0 saturated carbocycles. The molecule has 0 radical (unpaired) electrons. The fourth-order valence-electron chi connectivity index (χ4n) is 3.21. The summed E-state index contributed by atoms with van der Waals surface area (Å²) in [6, 6.07) is 17.4. The molecule has 3 rings (SSSR count). The molecule has 1 aliphatic rings. The van der Waals surface area contributed by atoms with Crippen molar-refractivity contribution in [2.45, 2.75) is 31.1 Å². The lowest BCUT2D eigenvalue weighted by Crippen LogP contribution is -2.38. The molecule has 0 amide bonds. The van der Waals surface area contributed by atoms with E-state index in [0.29, 0.717) is 23.9 Å². The van der Waals surface area contributed by atoms with Crippen LogP contribution in [0.3, 0.4) is 0 Å². The van der Waals surface area contributed by atoms with Crippen LogP contribution >= 0.6 is 0 Å². The van der Waals surface area contributed by atoms with Crippen LogP contribution in [0.5, 0.6) is 0 Å². The first-order valence-electron chi connectivity index (χ1n) is 8.84. The third-order valence-corrected chi connectivity index (χ3v) is 6.72. The van der Waals surface area contributed by atoms with Gasteiger partial charge in [0.2, 0.25) is 10.0 Å². The van der Waals surface area contributed by atoms with E-state index in [1.54, 1.807) is 16.4 Å². The van der Waals surface area contributed by atoms with Crippen molar-refractivity contribution in [2.24, 2.45) is 5.92 Å². The summed E-state index contributed by atoms with van der Waals surface area (Å²) >= 11 is 0. The van der Waals surface area contributed by atoms with Crippen LogP contribution in [0.2, 0.25) is 0 Å². The Kier molecular flexibility index (Phi) is 5.71. The van der Waals surface area contributed by atoms with Gasteiger partial charge >= 0.3 is 0 Å². The van der Waals surface area contributed by atoms with E-state index in [2.05, 4.69) is 24.3 Å². The Morgan fingerprint density at radius 1 is 1.00 bits per heavy atom. The number of allylic oxidation sites excluding steroid dienone is 1. The molecule has 1 heterocycles. The molecule has 1 fully saturated rings. The zero-order chi connectivity index (χ0) is 17.7. The highest BCUT2D eigenvalue weighted by molar-refractivity contribution is 7.89. The number of hydrogen-bond acceptors (Lipinski definition) is 2. The van der Waals surface area contributed by atoms with Gasteiger partial charge in [0, 0.05) is 13.1 Å². The van der Waals surface area contributed by atoms with Gasteiger partial charge in [-0.1, -0.05) is 60.2 Å². The average molecular weight is 356 g/mol. The normalized spacial score (nSPS) is 17.2. The predicted molar refractivity (Wildman–Crippen MR) is 103 cm³/mol. The molecule has 0 aliphatic carbocycles. The highest BCUT2D eigenvalue weighted by Crippen LogP contribution is 2.26. The standard InChI is InChI=1S/C21H25NO2S/c1-18-10-12-21(13-11-18)25(23,24)22-16-14-20(15-17-22)9-5-8-19-6-3-2-4-7-19/h2-8,10-13,20H,9,14-17H2,1H3/b8-5+. The lowest BCUT2D eigenvalue weighted by Gasteiger charge is -2.30. The molecule has 0 unspecified atom stereocenters. The number of sulfonamides is 1. The second kappa shape index (κ2) is 7.98. The van der Waals surface area contributed by atoms with Gasteiger partial charge in [-0.15, -0.1) is 0 Å². The molecule has 3 nitrogen and oxygen atoms in total. The van der Waals surface area contributed by atoms with Crippen LogP contribution in [0, 0.1) is 12.8 Å². The summed E-state index contributed by atoms with van der Waals surface area (Å²) in [5.41, 5.74) is 2.28. The molecular weight excluding hydrogens is 330 g/mol. The van der Waals surface area contributed by atoms with Crippen molar-refractivity contribution >= 4 is 16.1 Å². The Morgan fingerprint density at radius 2 is 1.64 bits per heavy atom. The van der Waals surface area contributed by atoms with E-state index in [1.165, 1.54) is 5.56 Å². The molecule has 0 N–H and O–H groups in total. The van der Waals surface area contributed by atoms with E-state index in [1.807, 2.05) is 37.3 Å². The van der Waals surface area contributed by atoms with Crippen LogP contribution in [0.1, 0.15) is 30.4 Å². The largest absolute Gasteiger partial charge is 0.243 e. The van der Waals surface area contributed by atoms with Gasteiger partial charge in [-0.3, -0.25) is 0 Å². The van der Waals surface area contributed by atoms with Crippen molar-refractivity contribution in [2.75, 3.05) is 13.1 Å². The topological polar surface area (TPSA) is 37.4 Å². The molecule has 0 bridgehead atoms. The molecule has 4 heteroatoms. The van der Waals surface area contributed by atoms with Crippen molar-refractivity contribution in [1.82, 2.24) is 4.31 Å². The van der Waals surface area contributed by atoms with E-state index in [0.717, 1.165) is 24.8 Å². The zero-order valence-corrected chi connectivity index (χ0v) is 15.5. The number of nitrogens with zero attached hydrogens (tertiary/aromatic N) is 1. The molecule has 2 aromatic rings. The summed E-state index contributed by atoms with van der Waals surface area (Å²) in [5.74, 6) is 0.560. The quantitative estimate of drug-likeness (QED) is 0.792. The minimum Gasteiger partial charge on any atom is -0.207 e. The van der Waals surface area contributed by atoms with Crippen molar-refractivity contribution < 1.29 is 8.42 Å². The molecule has 0 aromatic heterocycles. The van der Waals surface area contributed by atoms with Gasteiger partial charge in [0.05, 0.1) is 4.90 Å². The van der Waals surface area contributed by atoms with Crippen LogP contribution in [-0.2, 0) is 10.0 Å². The van der Waals surface area contributed by atoms with Crippen LogP contribution in [0.25, 0.3) is 6.08 Å². The van der Waals surface area contributed by atoms with Gasteiger partial charge in [0.1, 0.15) is 0 Å². The third kappa shape index (κ3) is 4.59. The Bertz CT molecular complexity index is 803. The van der Waals surface area contributed by atoms with Crippen molar-refractivity contribution in [3.63, 3.8) is 0 Å². The Labute approximate surface area is 151 Å². The highest BCUT2D eigenvalue weighted by Gasteiger charge is 2.28. The van der Waals surface area contributed by atoms with Gasteiger partial charge in [0.15, 0.2) is 0 Å². The summed E-state index contributed by atoms with van der Waals surface area (Å²) in [5, 5.41) is 0. The molecule has 2 aromatic carbocycles. The molecule has 25 heavy (non-hydrogen) atoms. The van der Waals surface area contributed by atoms with Crippen molar-refractivity contribution in [1.29, 1.82) is 0 Å². The predicted octanol–water partition coefficient (Wildman–Crippen LogP) is 4.50. The number of aryl methyl sites for hydroxylation is 1. The number of benzene rings is 2. The van der Waals surface area contributed by atoms with Crippen molar-refractivity contribution in [3.05, 3.63) is 71.8 Å². The fraction of sp³-hybridized carbons (Fsp3) is 0.333. The summed E-state index contributed by atoms with van der Waals surface area (Å²) in [4.78, 5) is 0.403. The van der Waals surface area contributed by atoms with Gasteiger partial charge < -0.3 is 0 Å². The molecule has 1 aliphatic heterocycles. The van der Waals surface area contributed by atoms with E-state index in [9.17, 15) is 8.42 Å². The number of rotatable bonds is 5. The van der Waals surface area contributed by atoms with Crippen LogP contribution in [0.4, 0.5) is 0 Å². The summed E-state index contributed by atoms with van der Waals surface area (Å²) in [6.07, 6.45) is 7.21. The first-order chi connectivity index (χ1) is 12.1. The van der Waals surface area contributed by atoms with Gasteiger partial charge in [-0.2, -0.15) is 4.31 Å². The number of piperidine rings is 1. The summed E-state index contributed by atoms with van der Waals surface area (Å²) in [6.45, 7) is 3.19. The average Bonchev–Trinajstić information content (AvgIpc) is 2.63. The molecular formula is C21H25NO2S. The highest BCUT2D eigenvalue weighted by atomic mass is 32.2. The maximum atomic E-state index is 12.7. The van der Waals surface area contributed by atoms with Crippen molar-refractivity contribution in [3.8, 4) is 0 Å². The number of hydrogen-bond donors (Lipinski definition) is 0. The lowest BCUT2D eigenvalue weighted by atomic mass is 9.94. The van der Waals surface area contributed by atoms with Gasteiger partial charge in [0.25, 0.3) is 0 Å². The smallest absolute Gasteiger partial charge is 0.207 e. The van der Waals surface area contributed by atoms with E-state index in [-0.39, 0.29) is 0 Å². The molecule has 0 atom stereocenters. The monoisotopic (exact) mass is 355 g/mol. The molecule has 1 saturated heterocycles. The zero-order valence-electron chi connectivity index (χ0n) is 14.6. The van der Waals surface area contributed by atoms with Crippen LogP contribution in [0.15, 0.2) is 65.6 Å². The molecule has 0 spiro atoms. The summed E-state index contributed by atoms with van der Waals surface area (Å²) < 4.78 is 27.1. The van der Waals surface area contributed by atoms with E-state index >= 15 is 0 Å². The van der Waals surface area contributed by atoms with E-state index < -0.39 is 10.0 Å². The third-order valence-electron chi connectivity index (χ3n) is 4.81. The second-order valence-electron chi connectivity index (χ2n) is 6.71. The Balaban J connectivity index is 1.54. The van der Waals surface area contributed by atoms with Gasteiger partial charge in [-0.25, -0.2) is 8.42 Å². The lowest BCUT2D eigenvalue weighted by molar-refractivity contribution is 0.275. The van der Waals surface area contributed by atoms with Crippen LogP contribution < -0.4 is 0 Å². The summed E-state index contributed by atoms with van der Waals surface area (Å²) in [7, 11) is -3.35. The Hall–Kier alpha value is -1.91. The second-order valence-corrected chi connectivity index (χ2v) is 8.65. The minimum atomic E-state index is -3.35. The minimum absolute atomic E-state index is 0.403. The Morgan fingerprint density at radius 3 is 2.28 bits per heavy atom. The van der Waals surface area contributed by atoms with Crippen LogP contribution in [-0.4, -0.2) is 25.8 Å². The maximum Gasteiger partial charge on any atom is 0.243 e. The SMILES string of the molecule is Cc1ccc(S(=O)(=O)N2CCC(C/C=C/c3ccccc3)CC2)cc1. The maximum absolute atomic E-state index is 12.7. The first kappa shape index (κ1) is 17.9. The molecule has 132 valence electrons. The van der Waals surface area contributed by atoms with E-state index in [4.69, 9.17) is 0 Å².